The molecule has 0 aromatic heterocycles. The minimum Gasteiger partial charge on any atom is -0.497 e. The summed E-state index contributed by atoms with van der Waals surface area (Å²) in [7, 11) is 1.63. The summed E-state index contributed by atoms with van der Waals surface area (Å²) in [6.07, 6.45) is 2.39. The first-order chi connectivity index (χ1) is 11.7. The van der Waals surface area contributed by atoms with Gasteiger partial charge in [-0.3, -0.25) is 9.59 Å². The summed E-state index contributed by atoms with van der Waals surface area (Å²) in [6.45, 7) is 3.01. The van der Waals surface area contributed by atoms with Crippen molar-refractivity contribution in [1.82, 2.24) is 15.5 Å². The molecule has 25 heavy (non-hydrogen) atoms. The van der Waals surface area contributed by atoms with E-state index in [4.69, 9.17) is 4.74 Å². The number of benzene rings is 1. The normalized spacial score (nSPS) is 20.9. The second kappa shape index (κ2) is 9.06. The van der Waals surface area contributed by atoms with E-state index in [9.17, 15) is 9.59 Å². The summed E-state index contributed by atoms with van der Waals surface area (Å²) < 4.78 is 5.15. The average Bonchev–Trinajstić information content (AvgIpc) is 2.96. The van der Waals surface area contributed by atoms with Gasteiger partial charge in [0.25, 0.3) is 0 Å². The third-order valence-corrected chi connectivity index (χ3v) is 4.86. The molecule has 0 aliphatic carbocycles. The highest BCUT2D eigenvalue weighted by atomic mass is 35.5. The van der Waals surface area contributed by atoms with Crippen molar-refractivity contribution in [3.63, 3.8) is 0 Å². The van der Waals surface area contributed by atoms with Gasteiger partial charge in [-0.2, -0.15) is 0 Å². The number of carbonyl (C=O) groups excluding carboxylic acids is 2. The van der Waals surface area contributed by atoms with Crippen LogP contribution in [0.2, 0.25) is 0 Å². The molecule has 1 atom stereocenters. The van der Waals surface area contributed by atoms with E-state index in [-0.39, 0.29) is 36.2 Å². The predicted octanol–water partition coefficient (Wildman–Crippen LogP) is 1.33. The van der Waals surface area contributed by atoms with Gasteiger partial charge in [-0.15, -0.1) is 12.4 Å². The number of nitrogens with zero attached hydrogens (tertiary/aromatic N) is 1. The lowest BCUT2D eigenvalue weighted by atomic mass is 9.97. The number of amides is 2. The fourth-order valence-corrected chi connectivity index (χ4v) is 3.35. The van der Waals surface area contributed by atoms with Crippen LogP contribution in [0, 0.1) is 5.92 Å². The van der Waals surface area contributed by atoms with E-state index >= 15 is 0 Å². The van der Waals surface area contributed by atoms with Crippen LogP contribution < -0.4 is 15.4 Å². The molecule has 138 valence electrons. The Hall–Kier alpha value is -1.79. The molecule has 2 saturated heterocycles. The molecule has 1 unspecified atom stereocenters. The number of hydrogen-bond donors (Lipinski definition) is 2. The lowest BCUT2D eigenvalue weighted by Crippen LogP contribution is -2.45. The van der Waals surface area contributed by atoms with Crippen molar-refractivity contribution in [3.8, 4) is 5.75 Å². The lowest BCUT2D eigenvalue weighted by Gasteiger charge is -2.23. The molecule has 3 rings (SSSR count). The van der Waals surface area contributed by atoms with Gasteiger partial charge < -0.3 is 20.3 Å². The Bertz CT molecular complexity index is 588. The maximum atomic E-state index is 12.5. The molecule has 2 heterocycles. The molecule has 2 N–H and O–H groups in total. The highest BCUT2D eigenvalue weighted by Gasteiger charge is 2.34. The van der Waals surface area contributed by atoms with Crippen molar-refractivity contribution in [3.05, 3.63) is 29.8 Å². The third kappa shape index (κ3) is 4.86. The molecule has 0 spiro atoms. The second-order valence-electron chi connectivity index (χ2n) is 6.48. The van der Waals surface area contributed by atoms with Crippen LogP contribution in [-0.4, -0.2) is 49.5 Å². The molecular formula is C18H26ClN3O3. The summed E-state index contributed by atoms with van der Waals surface area (Å²) in [4.78, 5) is 26.7. The quantitative estimate of drug-likeness (QED) is 0.823. The number of methoxy groups -OCH3 is 1. The van der Waals surface area contributed by atoms with Gasteiger partial charge in [0, 0.05) is 19.0 Å². The summed E-state index contributed by atoms with van der Waals surface area (Å²) in [5.74, 6) is 0.891. The molecule has 0 bridgehead atoms. The molecule has 1 aromatic carbocycles. The molecule has 2 aliphatic heterocycles. The number of ether oxygens (including phenoxy) is 1. The Kier molecular flexibility index (Phi) is 7.08. The molecule has 0 saturated carbocycles. The van der Waals surface area contributed by atoms with Gasteiger partial charge in [-0.1, -0.05) is 12.1 Å². The van der Waals surface area contributed by atoms with Crippen molar-refractivity contribution in [2.75, 3.05) is 26.7 Å². The average molecular weight is 368 g/mol. The fraction of sp³-hybridized carbons (Fsp3) is 0.556. The Morgan fingerprint density at radius 1 is 1.24 bits per heavy atom. The van der Waals surface area contributed by atoms with Crippen LogP contribution in [0.15, 0.2) is 24.3 Å². The predicted molar refractivity (Wildman–Crippen MR) is 97.8 cm³/mol. The van der Waals surface area contributed by atoms with Crippen molar-refractivity contribution in [2.45, 2.75) is 31.8 Å². The highest BCUT2D eigenvalue weighted by Crippen LogP contribution is 2.19. The number of piperidine rings is 1. The Balaban J connectivity index is 0.00000225. The van der Waals surface area contributed by atoms with E-state index in [1.165, 1.54) is 0 Å². The largest absolute Gasteiger partial charge is 0.497 e. The van der Waals surface area contributed by atoms with Crippen molar-refractivity contribution in [2.24, 2.45) is 5.92 Å². The molecular weight excluding hydrogens is 342 g/mol. The minimum atomic E-state index is -0.370. The summed E-state index contributed by atoms with van der Waals surface area (Å²) in [6, 6.07) is 7.35. The maximum Gasteiger partial charge on any atom is 0.245 e. The number of halogens is 1. The van der Waals surface area contributed by atoms with E-state index in [1.807, 2.05) is 29.2 Å². The van der Waals surface area contributed by atoms with Crippen LogP contribution in [0.25, 0.3) is 0 Å². The molecule has 2 fully saturated rings. The van der Waals surface area contributed by atoms with E-state index < -0.39 is 0 Å². The van der Waals surface area contributed by atoms with Gasteiger partial charge >= 0.3 is 0 Å². The zero-order valence-electron chi connectivity index (χ0n) is 14.5. The van der Waals surface area contributed by atoms with Gasteiger partial charge in [-0.25, -0.2) is 0 Å². The van der Waals surface area contributed by atoms with Crippen LogP contribution in [0.1, 0.15) is 24.8 Å². The Labute approximate surface area is 154 Å². The zero-order valence-corrected chi connectivity index (χ0v) is 15.3. The number of rotatable bonds is 5. The van der Waals surface area contributed by atoms with Crippen LogP contribution in [0.3, 0.4) is 0 Å². The summed E-state index contributed by atoms with van der Waals surface area (Å²) in [5, 5.41) is 6.20. The summed E-state index contributed by atoms with van der Waals surface area (Å²) >= 11 is 0. The molecule has 6 nitrogen and oxygen atoms in total. The van der Waals surface area contributed by atoms with Crippen molar-refractivity contribution in [1.29, 1.82) is 0 Å². The SMILES string of the molecule is COc1ccc(CN2CCC(NC(=O)C3CCNCC3)C2=O)cc1.Cl. The van der Waals surface area contributed by atoms with E-state index in [0.717, 1.165) is 37.2 Å². The first-order valence-corrected chi connectivity index (χ1v) is 8.60. The maximum absolute atomic E-state index is 12.5. The Morgan fingerprint density at radius 2 is 1.92 bits per heavy atom. The van der Waals surface area contributed by atoms with Crippen LogP contribution in [0.4, 0.5) is 0 Å². The zero-order chi connectivity index (χ0) is 16.9. The van der Waals surface area contributed by atoms with Crippen molar-refractivity contribution < 1.29 is 14.3 Å². The van der Waals surface area contributed by atoms with Crippen LogP contribution >= 0.6 is 12.4 Å². The smallest absolute Gasteiger partial charge is 0.245 e. The topological polar surface area (TPSA) is 70.7 Å². The number of hydrogen-bond acceptors (Lipinski definition) is 4. The third-order valence-electron chi connectivity index (χ3n) is 4.86. The lowest BCUT2D eigenvalue weighted by molar-refractivity contribution is -0.134. The molecule has 2 aliphatic rings. The van der Waals surface area contributed by atoms with E-state index in [1.54, 1.807) is 7.11 Å². The standard InChI is InChI=1S/C18H25N3O3.ClH/c1-24-15-4-2-13(3-5-15)12-21-11-8-16(18(21)23)20-17(22)14-6-9-19-10-7-14;/h2-5,14,16,19H,6-12H2,1H3,(H,20,22);1H. The highest BCUT2D eigenvalue weighted by molar-refractivity contribution is 5.89. The van der Waals surface area contributed by atoms with Crippen LogP contribution in [-0.2, 0) is 16.1 Å². The fourth-order valence-electron chi connectivity index (χ4n) is 3.35. The first kappa shape index (κ1) is 19.5. The van der Waals surface area contributed by atoms with E-state index in [2.05, 4.69) is 10.6 Å². The second-order valence-corrected chi connectivity index (χ2v) is 6.48. The number of carbonyl (C=O) groups is 2. The molecule has 2 amide bonds. The van der Waals surface area contributed by atoms with Gasteiger partial charge in [-0.05, 0) is 50.0 Å². The Morgan fingerprint density at radius 3 is 2.56 bits per heavy atom. The molecule has 1 aromatic rings. The monoisotopic (exact) mass is 367 g/mol. The molecule has 0 radical (unpaired) electrons. The van der Waals surface area contributed by atoms with Gasteiger partial charge in [0.05, 0.1) is 7.11 Å². The minimum absolute atomic E-state index is 0. The van der Waals surface area contributed by atoms with Crippen LogP contribution in [0.5, 0.6) is 5.75 Å². The van der Waals surface area contributed by atoms with E-state index in [0.29, 0.717) is 19.5 Å². The van der Waals surface area contributed by atoms with Gasteiger partial charge in [0.2, 0.25) is 11.8 Å². The molecule has 7 heteroatoms. The number of nitrogens with one attached hydrogen (secondary N) is 2. The summed E-state index contributed by atoms with van der Waals surface area (Å²) in [5.41, 5.74) is 1.06. The van der Waals surface area contributed by atoms with Gasteiger partial charge in [0.15, 0.2) is 0 Å². The first-order valence-electron chi connectivity index (χ1n) is 8.60. The van der Waals surface area contributed by atoms with Crippen molar-refractivity contribution >= 4 is 24.2 Å². The number of likely N-dealkylation sites (tertiary alicyclic amines) is 1. The van der Waals surface area contributed by atoms with Gasteiger partial charge in [0.1, 0.15) is 11.8 Å².